The van der Waals surface area contributed by atoms with Crippen molar-refractivity contribution in [2.75, 3.05) is 49.7 Å². The summed E-state index contributed by atoms with van der Waals surface area (Å²) in [6.45, 7) is 3.71. The van der Waals surface area contributed by atoms with Gasteiger partial charge in [-0.25, -0.2) is 5.84 Å². The van der Waals surface area contributed by atoms with Gasteiger partial charge in [-0.3, -0.25) is 9.80 Å². The van der Waals surface area contributed by atoms with Gasteiger partial charge in [0.15, 0.2) is 0 Å². The van der Waals surface area contributed by atoms with E-state index in [-0.39, 0.29) is 23.1 Å². The number of carbonyl (C=O) groups excluding carboxylic acids is 2. The van der Waals surface area contributed by atoms with Gasteiger partial charge >= 0.3 is 0 Å². The number of carbonyl (C=O) groups is 2. The molecule has 2 aromatic carbocycles. The molecule has 42 heavy (non-hydrogen) atoms. The molecule has 0 bridgehead atoms. The zero-order valence-electron chi connectivity index (χ0n) is 24.1. The van der Waals surface area contributed by atoms with Gasteiger partial charge in [-0.15, -0.1) is 0 Å². The lowest BCUT2D eigenvalue weighted by Crippen LogP contribution is -2.52. The van der Waals surface area contributed by atoms with E-state index in [1.54, 1.807) is 18.2 Å². The second-order valence-electron chi connectivity index (χ2n) is 10.7. The van der Waals surface area contributed by atoms with E-state index in [1.807, 2.05) is 30.1 Å². The van der Waals surface area contributed by atoms with Gasteiger partial charge in [0.25, 0.3) is 0 Å². The fraction of sp³-hybridized carbons (Fsp3) is 0.419. The molecule has 6 N–H and O–H groups in total. The molecule has 2 unspecified atom stereocenters. The number of hydrogen-bond acceptors (Lipinski definition) is 8. The highest BCUT2D eigenvalue weighted by atomic mass is 35.5. The molecule has 4 rings (SSSR count). The Labute approximate surface area is 258 Å². The summed E-state index contributed by atoms with van der Waals surface area (Å²) in [7, 11) is 1.96. The Morgan fingerprint density at radius 2 is 2.05 bits per heavy atom. The van der Waals surface area contributed by atoms with Crippen molar-refractivity contribution in [1.82, 2.24) is 15.5 Å². The average Bonchev–Trinajstić information content (AvgIpc) is 2.99. The number of halogens is 2. The van der Waals surface area contributed by atoms with Crippen molar-refractivity contribution in [2.24, 2.45) is 11.6 Å². The normalized spacial score (nSPS) is 18.6. The molecule has 0 spiro atoms. The average molecular weight is 615 g/mol. The third-order valence-corrected chi connectivity index (χ3v) is 8.19. The number of piperazine rings is 1. The largest absolute Gasteiger partial charge is 0.388 e. The number of nitrogens with two attached hydrogens (primary N) is 2. The number of rotatable bonds is 13. The van der Waals surface area contributed by atoms with Gasteiger partial charge in [-0.05, 0) is 74.3 Å². The fourth-order valence-corrected chi connectivity index (χ4v) is 6.04. The molecule has 2 aromatic rings. The van der Waals surface area contributed by atoms with Crippen molar-refractivity contribution in [1.29, 1.82) is 0 Å². The smallest absolute Gasteiger partial charge is 0.247 e. The van der Waals surface area contributed by atoms with Crippen molar-refractivity contribution < 1.29 is 9.59 Å². The predicted octanol–water partition coefficient (Wildman–Crippen LogP) is 4.13. The summed E-state index contributed by atoms with van der Waals surface area (Å²) in [5, 5.41) is 8.42. The Morgan fingerprint density at radius 3 is 2.79 bits per heavy atom. The van der Waals surface area contributed by atoms with Crippen LogP contribution in [-0.4, -0.2) is 62.9 Å². The van der Waals surface area contributed by atoms with E-state index in [2.05, 4.69) is 27.7 Å². The van der Waals surface area contributed by atoms with Crippen molar-refractivity contribution in [2.45, 2.75) is 44.2 Å². The van der Waals surface area contributed by atoms with Gasteiger partial charge < -0.3 is 31.0 Å². The number of aldehydes is 1. The van der Waals surface area contributed by atoms with Gasteiger partial charge in [0.2, 0.25) is 5.91 Å². The highest BCUT2D eigenvalue weighted by molar-refractivity contribution is 6.31. The number of hydrazine groups is 1. The van der Waals surface area contributed by atoms with Crippen molar-refractivity contribution in [3.8, 4) is 0 Å². The maximum atomic E-state index is 13.8. The number of nitrogens with one attached hydrogen (secondary N) is 2. The first kappa shape index (κ1) is 31.8. The van der Waals surface area contributed by atoms with Gasteiger partial charge in [-0.2, -0.15) is 0 Å². The van der Waals surface area contributed by atoms with Crippen LogP contribution in [0.1, 0.15) is 49.3 Å². The van der Waals surface area contributed by atoms with Gasteiger partial charge in [0.1, 0.15) is 11.4 Å². The van der Waals surface area contributed by atoms with Crippen LogP contribution in [0.5, 0.6) is 0 Å². The van der Waals surface area contributed by atoms with Crippen LogP contribution in [-0.2, 0) is 9.59 Å². The molecule has 226 valence electrons. The highest BCUT2D eigenvalue weighted by Gasteiger charge is 2.30. The molecule has 0 aromatic heterocycles. The standard InChI is InChI=1S/C31H41Cl2N7O2/c1-36-12-4-2-3-8-28(23-6-5-7-25(16-23)38-15-13-37-19-26(38)21-41)39-14-11-22(17-31(39)42)27-18-24(32)9-10-29(27)40(35)20-30(33)34/h5-7,9-10,16-18,20-21,26,28,36-37H,2-4,8,11-15,19,34-35H2,1H3/b30-20-. The Hall–Kier alpha value is -3.08. The van der Waals surface area contributed by atoms with Crippen LogP contribution in [0, 0.1) is 0 Å². The van der Waals surface area contributed by atoms with E-state index in [1.165, 1.54) is 11.2 Å². The second kappa shape index (κ2) is 15.4. The lowest BCUT2D eigenvalue weighted by molar-refractivity contribution is -0.129. The Kier molecular flexibility index (Phi) is 11.7. The van der Waals surface area contributed by atoms with E-state index >= 15 is 0 Å². The molecule has 0 radical (unpaired) electrons. The number of nitrogens with zero attached hydrogens (tertiary/aromatic N) is 3. The summed E-state index contributed by atoms with van der Waals surface area (Å²) in [4.78, 5) is 29.7. The van der Waals surface area contributed by atoms with Crippen molar-refractivity contribution in [3.63, 3.8) is 0 Å². The summed E-state index contributed by atoms with van der Waals surface area (Å²) in [5.41, 5.74) is 9.97. The second-order valence-corrected chi connectivity index (χ2v) is 11.6. The van der Waals surface area contributed by atoms with Crippen LogP contribution in [0.3, 0.4) is 0 Å². The van der Waals surface area contributed by atoms with Crippen LogP contribution in [0.4, 0.5) is 11.4 Å². The fourth-order valence-electron chi connectivity index (χ4n) is 5.77. The summed E-state index contributed by atoms with van der Waals surface area (Å²) >= 11 is 12.2. The van der Waals surface area contributed by atoms with Crippen LogP contribution >= 0.6 is 23.2 Å². The van der Waals surface area contributed by atoms with Crippen LogP contribution < -0.4 is 32.1 Å². The van der Waals surface area contributed by atoms with Crippen LogP contribution in [0.15, 0.2) is 59.9 Å². The number of amides is 1. The summed E-state index contributed by atoms with van der Waals surface area (Å²) in [6.07, 6.45) is 8.73. The summed E-state index contributed by atoms with van der Waals surface area (Å²) in [5.74, 6) is 6.16. The molecule has 9 nitrogen and oxygen atoms in total. The van der Waals surface area contributed by atoms with E-state index < -0.39 is 0 Å². The number of benzene rings is 2. The first-order valence-corrected chi connectivity index (χ1v) is 15.2. The molecule has 1 saturated heterocycles. The Balaban J connectivity index is 1.63. The minimum absolute atomic E-state index is 0.0401. The third-order valence-electron chi connectivity index (χ3n) is 7.86. The minimum Gasteiger partial charge on any atom is -0.388 e. The molecule has 2 aliphatic rings. The summed E-state index contributed by atoms with van der Waals surface area (Å²) < 4.78 is 0. The van der Waals surface area contributed by atoms with E-state index in [0.29, 0.717) is 30.2 Å². The topological polar surface area (TPSA) is 120 Å². The van der Waals surface area contributed by atoms with Crippen LogP contribution in [0.2, 0.25) is 5.02 Å². The monoisotopic (exact) mass is 613 g/mol. The SMILES string of the molecule is CNCCCCCC(c1cccc(N2CCNCC2C=O)c1)N1CCC(c2cc(Cl)ccc2N(N)/C=C(\N)Cl)=CC1=O. The quantitative estimate of drug-likeness (QED) is 0.0875. The molecule has 1 fully saturated rings. The highest BCUT2D eigenvalue weighted by Crippen LogP contribution is 2.37. The third kappa shape index (κ3) is 8.05. The minimum atomic E-state index is -0.214. The molecule has 2 atom stereocenters. The molecular formula is C31H41Cl2N7O2. The lowest BCUT2D eigenvalue weighted by atomic mass is 9.93. The zero-order valence-corrected chi connectivity index (χ0v) is 25.6. The molecule has 2 aliphatic heterocycles. The lowest BCUT2D eigenvalue weighted by Gasteiger charge is -2.37. The number of anilines is 2. The zero-order chi connectivity index (χ0) is 30.1. The number of unbranched alkanes of at least 4 members (excludes halogenated alkanes) is 2. The molecular weight excluding hydrogens is 573 g/mol. The van der Waals surface area contributed by atoms with Gasteiger partial charge in [0.05, 0.1) is 24.0 Å². The molecule has 2 heterocycles. The van der Waals surface area contributed by atoms with Crippen LogP contribution in [0.25, 0.3) is 5.57 Å². The van der Waals surface area contributed by atoms with E-state index in [9.17, 15) is 9.59 Å². The molecule has 0 aliphatic carbocycles. The van der Waals surface area contributed by atoms with E-state index in [4.69, 9.17) is 34.8 Å². The maximum absolute atomic E-state index is 13.8. The van der Waals surface area contributed by atoms with Gasteiger partial charge in [0, 0.05) is 48.5 Å². The molecule has 1 amide bonds. The van der Waals surface area contributed by atoms with Gasteiger partial charge in [-0.1, -0.05) is 48.2 Å². The van der Waals surface area contributed by atoms with Crippen molar-refractivity contribution in [3.05, 3.63) is 76.0 Å². The first-order chi connectivity index (χ1) is 20.3. The van der Waals surface area contributed by atoms with Crippen molar-refractivity contribution >= 4 is 52.3 Å². The Morgan fingerprint density at radius 1 is 1.21 bits per heavy atom. The Bertz CT molecular complexity index is 1300. The maximum Gasteiger partial charge on any atom is 0.247 e. The summed E-state index contributed by atoms with van der Waals surface area (Å²) in [6, 6.07) is 13.3. The molecule has 0 saturated carbocycles. The first-order valence-electron chi connectivity index (χ1n) is 14.5. The number of hydrogen-bond donors (Lipinski definition) is 4. The predicted molar refractivity (Wildman–Crippen MR) is 172 cm³/mol. The van der Waals surface area contributed by atoms with E-state index in [0.717, 1.165) is 74.0 Å². The molecule has 11 heteroatoms.